The number of Topliss-reactive ketones (excluding diaryl/α,β-unsaturated/α-hetero) is 1. The Morgan fingerprint density at radius 1 is 1.00 bits per heavy atom. The van der Waals surface area contributed by atoms with E-state index in [1.807, 2.05) is 67.2 Å². The standard InChI is InChI=1S/C32H31FN2O3/c1-19-10-13-21(32(2,3)4)16-24(19)29(36)27-28(25-18-34(5)26-9-7-6-8-23(25)26)35(31(38)30(27)37)17-20-11-14-22(33)15-12-20/h6-16,18,28,36H,17H2,1-5H3/b29-27+. The lowest BCUT2D eigenvalue weighted by Crippen LogP contribution is -2.29. The number of nitrogens with zero attached hydrogens (tertiary/aromatic N) is 2. The van der Waals surface area contributed by atoms with Crippen LogP contribution >= 0.6 is 0 Å². The van der Waals surface area contributed by atoms with Crippen molar-refractivity contribution in [1.29, 1.82) is 0 Å². The van der Waals surface area contributed by atoms with Crippen LogP contribution in [0.2, 0.25) is 0 Å². The highest BCUT2D eigenvalue weighted by atomic mass is 19.1. The molecule has 1 unspecified atom stereocenters. The number of rotatable bonds is 4. The van der Waals surface area contributed by atoms with Gasteiger partial charge in [0.15, 0.2) is 0 Å². The van der Waals surface area contributed by atoms with E-state index in [1.54, 1.807) is 12.1 Å². The topological polar surface area (TPSA) is 62.5 Å². The minimum absolute atomic E-state index is 0.0580. The average Bonchev–Trinajstić information content (AvgIpc) is 3.33. The molecule has 3 aromatic carbocycles. The molecule has 6 heteroatoms. The molecule has 194 valence electrons. The van der Waals surface area contributed by atoms with Crippen LogP contribution in [0.5, 0.6) is 0 Å². The first-order chi connectivity index (χ1) is 18.0. The third kappa shape index (κ3) is 4.30. The Morgan fingerprint density at radius 2 is 1.68 bits per heavy atom. The molecule has 0 radical (unpaired) electrons. The van der Waals surface area contributed by atoms with Gasteiger partial charge in [-0.1, -0.05) is 63.2 Å². The first-order valence-corrected chi connectivity index (χ1v) is 12.7. The van der Waals surface area contributed by atoms with Crippen LogP contribution in [-0.4, -0.2) is 26.3 Å². The van der Waals surface area contributed by atoms with E-state index in [0.29, 0.717) is 11.1 Å². The predicted octanol–water partition coefficient (Wildman–Crippen LogP) is 6.55. The summed E-state index contributed by atoms with van der Waals surface area (Å²) in [5, 5.41) is 12.6. The van der Waals surface area contributed by atoms with Crippen LogP contribution in [0.3, 0.4) is 0 Å². The molecule has 0 aliphatic carbocycles. The normalized spacial score (nSPS) is 17.5. The number of hydrogen-bond acceptors (Lipinski definition) is 3. The molecule has 4 aromatic rings. The highest BCUT2D eigenvalue weighted by Crippen LogP contribution is 2.43. The fourth-order valence-corrected chi connectivity index (χ4v) is 5.23. The van der Waals surface area contributed by atoms with Crippen LogP contribution in [-0.2, 0) is 28.6 Å². The summed E-state index contributed by atoms with van der Waals surface area (Å²) in [5.41, 5.74) is 4.60. The second kappa shape index (κ2) is 9.28. The van der Waals surface area contributed by atoms with Crippen molar-refractivity contribution in [3.05, 3.63) is 112 Å². The summed E-state index contributed by atoms with van der Waals surface area (Å²) in [7, 11) is 1.91. The number of para-hydroxylation sites is 1. The summed E-state index contributed by atoms with van der Waals surface area (Å²) in [5.74, 6) is -2.00. The molecule has 1 aliphatic rings. The Morgan fingerprint density at radius 3 is 2.37 bits per heavy atom. The second-order valence-corrected chi connectivity index (χ2v) is 11.0. The molecule has 1 saturated heterocycles. The van der Waals surface area contributed by atoms with Crippen LogP contribution < -0.4 is 0 Å². The van der Waals surface area contributed by atoms with Gasteiger partial charge in [-0.25, -0.2) is 4.39 Å². The van der Waals surface area contributed by atoms with Crippen LogP contribution in [0.1, 0.15) is 54.6 Å². The number of benzene rings is 3. The fourth-order valence-electron chi connectivity index (χ4n) is 5.23. The van der Waals surface area contributed by atoms with Gasteiger partial charge >= 0.3 is 0 Å². The lowest BCUT2D eigenvalue weighted by atomic mass is 9.84. The number of likely N-dealkylation sites (tertiary alicyclic amines) is 1. The number of carbonyl (C=O) groups is 2. The van der Waals surface area contributed by atoms with Crippen molar-refractivity contribution < 1.29 is 19.1 Å². The van der Waals surface area contributed by atoms with Crippen molar-refractivity contribution in [1.82, 2.24) is 9.47 Å². The van der Waals surface area contributed by atoms with Crippen molar-refractivity contribution in [2.75, 3.05) is 0 Å². The maximum Gasteiger partial charge on any atom is 0.295 e. The van der Waals surface area contributed by atoms with Crippen molar-refractivity contribution in [3.63, 3.8) is 0 Å². The van der Waals surface area contributed by atoms with Gasteiger partial charge in [-0.2, -0.15) is 0 Å². The molecule has 1 N–H and O–H groups in total. The van der Waals surface area contributed by atoms with E-state index < -0.39 is 17.7 Å². The van der Waals surface area contributed by atoms with E-state index in [2.05, 4.69) is 20.8 Å². The molecule has 1 fully saturated rings. The van der Waals surface area contributed by atoms with Crippen LogP contribution in [0.15, 0.2) is 78.5 Å². The van der Waals surface area contributed by atoms with E-state index in [0.717, 1.165) is 27.6 Å². The number of aromatic nitrogens is 1. The Bertz CT molecular complexity index is 1610. The smallest absolute Gasteiger partial charge is 0.295 e. The molecule has 0 bridgehead atoms. The van der Waals surface area contributed by atoms with Gasteiger partial charge in [0.1, 0.15) is 11.6 Å². The maximum atomic E-state index is 13.6. The van der Waals surface area contributed by atoms with Gasteiger partial charge in [0.2, 0.25) is 0 Å². The zero-order valence-corrected chi connectivity index (χ0v) is 22.2. The summed E-state index contributed by atoms with van der Waals surface area (Å²) in [6, 6.07) is 18.7. The zero-order valence-electron chi connectivity index (χ0n) is 22.2. The molecular weight excluding hydrogens is 479 g/mol. The van der Waals surface area contributed by atoms with Gasteiger partial charge in [0.05, 0.1) is 11.6 Å². The van der Waals surface area contributed by atoms with Gasteiger partial charge in [0, 0.05) is 41.8 Å². The number of hydrogen-bond donors (Lipinski definition) is 1. The van der Waals surface area contributed by atoms with Crippen molar-refractivity contribution in [2.24, 2.45) is 7.05 Å². The number of aryl methyl sites for hydroxylation is 2. The number of ketones is 1. The Balaban J connectivity index is 1.75. The summed E-state index contributed by atoms with van der Waals surface area (Å²) < 4.78 is 15.5. The summed E-state index contributed by atoms with van der Waals surface area (Å²) in [4.78, 5) is 28.6. The van der Waals surface area contributed by atoms with Crippen molar-refractivity contribution >= 4 is 28.4 Å². The van der Waals surface area contributed by atoms with Crippen LogP contribution in [0, 0.1) is 12.7 Å². The molecule has 5 rings (SSSR count). The fraction of sp³-hybridized carbons (Fsp3) is 0.250. The van der Waals surface area contributed by atoms with Gasteiger partial charge < -0.3 is 14.6 Å². The lowest BCUT2D eigenvalue weighted by molar-refractivity contribution is -0.140. The first-order valence-electron chi connectivity index (χ1n) is 12.7. The highest BCUT2D eigenvalue weighted by Gasteiger charge is 2.47. The maximum absolute atomic E-state index is 13.6. The van der Waals surface area contributed by atoms with Crippen LogP contribution in [0.25, 0.3) is 16.7 Å². The quantitative estimate of drug-likeness (QED) is 0.193. The summed E-state index contributed by atoms with van der Waals surface area (Å²) in [6.07, 6.45) is 1.91. The van der Waals surface area contributed by atoms with E-state index in [1.165, 1.54) is 17.0 Å². The molecule has 1 amide bonds. The van der Waals surface area contributed by atoms with Gasteiger partial charge in [-0.05, 0) is 53.3 Å². The number of carbonyl (C=O) groups excluding carboxylic acids is 2. The Labute approximate surface area is 221 Å². The van der Waals surface area contributed by atoms with Gasteiger partial charge in [-0.15, -0.1) is 0 Å². The second-order valence-electron chi connectivity index (χ2n) is 11.0. The minimum atomic E-state index is -0.816. The minimum Gasteiger partial charge on any atom is -0.507 e. The molecule has 1 aromatic heterocycles. The molecule has 1 atom stereocenters. The number of halogens is 1. The zero-order chi connectivity index (χ0) is 27.4. The number of fused-ring (bicyclic) bond motifs is 1. The highest BCUT2D eigenvalue weighted by molar-refractivity contribution is 6.46. The third-order valence-corrected chi connectivity index (χ3v) is 7.39. The largest absolute Gasteiger partial charge is 0.507 e. The number of amides is 1. The Hall–Kier alpha value is -4.19. The molecule has 5 nitrogen and oxygen atoms in total. The van der Waals surface area contributed by atoms with E-state index >= 15 is 0 Å². The molecule has 0 spiro atoms. The molecule has 1 aliphatic heterocycles. The molecule has 38 heavy (non-hydrogen) atoms. The van der Waals surface area contributed by atoms with E-state index in [4.69, 9.17) is 0 Å². The van der Waals surface area contributed by atoms with Crippen molar-refractivity contribution in [3.8, 4) is 0 Å². The number of aliphatic hydroxyl groups excluding tert-OH is 1. The van der Waals surface area contributed by atoms with Crippen LogP contribution in [0.4, 0.5) is 4.39 Å². The Kier molecular flexibility index (Phi) is 6.22. The lowest BCUT2D eigenvalue weighted by Gasteiger charge is -2.25. The first kappa shape index (κ1) is 25.5. The molecule has 0 saturated carbocycles. The number of aliphatic hydroxyl groups is 1. The predicted molar refractivity (Wildman–Crippen MR) is 147 cm³/mol. The van der Waals surface area contributed by atoms with Gasteiger partial charge in [0.25, 0.3) is 11.7 Å². The summed E-state index contributed by atoms with van der Waals surface area (Å²) in [6.45, 7) is 8.22. The monoisotopic (exact) mass is 510 g/mol. The van der Waals surface area contributed by atoms with E-state index in [9.17, 15) is 19.1 Å². The van der Waals surface area contributed by atoms with Gasteiger partial charge in [-0.3, -0.25) is 9.59 Å². The van der Waals surface area contributed by atoms with Crippen molar-refractivity contribution in [2.45, 2.75) is 45.7 Å². The molecular formula is C32H31FN2O3. The SMILES string of the molecule is Cc1ccc(C(C)(C)C)cc1/C(O)=C1\C(=O)C(=O)N(Cc2ccc(F)cc2)C1c1cn(C)c2ccccc12. The average molecular weight is 511 g/mol. The van der Waals surface area contributed by atoms with E-state index in [-0.39, 0.29) is 29.1 Å². The molecule has 2 heterocycles. The summed E-state index contributed by atoms with van der Waals surface area (Å²) >= 11 is 0. The third-order valence-electron chi connectivity index (χ3n) is 7.39.